The van der Waals surface area contributed by atoms with Gasteiger partial charge in [-0.1, -0.05) is 0 Å². The fraction of sp³-hybridized carbons (Fsp3) is 0.100. The first kappa shape index (κ1) is 14.0. The molecule has 0 spiro atoms. The van der Waals surface area contributed by atoms with Crippen LogP contribution < -0.4 is 4.72 Å². The minimum absolute atomic E-state index is 0.144. The van der Waals surface area contributed by atoms with Crippen molar-refractivity contribution in [2.75, 3.05) is 4.72 Å². The Balaban J connectivity index is 2.37. The first-order valence-corrected chi connectivity index (χ1v) is 7.32. The van der Waals surface area contributed by atoms with Crippen molar-refractivity contribution in [3.63, 3.8) is 0 Å². The fourth-order valence-electron chi connectivity index (χ4n) is 1.41. The Labute approximate surface area is 116 Å². The second kappa shape index (κ2) is 5.27. The number of benzene rings is 1. The van der Waals surface area contributed by atoms with Crippen LogP contribution >= 0.6 is 15.9 Å². The molecule has 2 aromatic rings. The largest absolute Gasteiger partial charge is 0.392 e. The third kappa shape index (κ3) is 2.94. The van der Waals surface area contributed by atoms with Crippen molar-refractivity contribution >= 4 is 31.6 Å². The van der Waals surface area contributed by atoms with Crippen molar-refractivity contribution in [2.45, 2.75) is 11.6 Å². The lowest BCUT2D eigenvalue weighted by atomic mass is 10.3. The highest BCUT2D eigenvalue weighted by molar-refractivity contribution is 9.10. The first-order chi connectivity index (χ1) is 8.94. The molecule has 3 N–H and O–H groups in total. The predicted octanol–water partition coefficient (Wildman–Crippen LogP) is 1.60. The van der Waals surface area contributed by atoms with Gasteiger partial charge in [-0.15, -0.1) is 0 Å². The van der Waals surface area contributed by atoms with Crippen molar-refractivity contribution in [1.82, 2.24) is 10.2 Å². The summed E-state index contributed by atoms with van der Waals surface area (Å²) in [6.45, 7) is -0.461. The number of hydrogen-bond acceptors (Lipinski definition) is 4. The molecule has 0 radical (unpaired) electrons. The molecule has 0 unspecified atom stereocenters. The van der Waals surface area contributed by atoms with Crippen LogP contribution in [0.2, 0.25) is 0 Å². The number of aromatic nitrogens is 2. The van der Waals surface area contributed by atoms with Crippen LogP contribution in [0.15, 0.2) is 33.9 Å². The molecule has 0 saturated carbocycles. The summed E-state index contributed by atoms with van der Waals surface area (Å²) < 4.78 is 39.6. The number of aliphatic hydroxyl groups excluding tert-OH is 1. The van der Waals surface area contributed by atoms with Gasteiger partial charge in [0.25, 0.3) is 10.0 Å². The standard InChI is InChI=1S/C10H9BrFN3O3S/c11-8-3-7(12)1-2-9(8)15-19(17,18)10-6(5-16)4-13-14-10/h1-4,15-16H,5H2,(H,13,14). The second-order valence-corrected chi connectivity index (χ2v) is 6.09. The van der Waals surface area contributed by atoms with Gasteiger partial charge < -0.3 is 5.11 Å². The van der Waals surface area contributed by atoms with Gasteiger partial charge in [0.15, 0.2) is 5.03 Å². The summed E-state index contributed by atoms with van der Waals surface area (Å²) in [5.74, 6) is -0.493. The van der Waals surface area contributed by atoms with Gasteiger partial charge in [0.05, 0.1) is 18.5 Å². The number of aliphatic hydroxyl groups is 1. The maximum atomic E-state index is 12.9. The van der Waals surface area contributed by atoms with E-state index in [1.807, 2.05) is 0 Å². The van der Waals surface area contributed by atoms with E-state index in [0.29, 0.717) is 0 Å². The van der Waals surface area contributed by atoms with Gasteiger partial charge in [0, 0.05) is 10.0 Å². The Bertz CT molecular complexity index is 702. The van der Waals surface area contributed by atoms with Crippen molar-refractivity contribution in [3.8, 4) is 0 Å². The molecule has 0 bridgehead atoms. The minimum Gasteiger partial charge on any atom is -0.392 e. The lowest BCUT2D eigenvalue weighted by Gasteiger charge is -2.09. The van der Waals surface area contributed by atoms with Crippen LogP contribution in [0, 0.1) is 5.82 Å². The Morgan fingerprint density at radius 1 is 1.47 bits per heavy atom. The molecule has 0 atom stereocenters. The molecule has 19 heavy (non-hydrogen) atoms. The summed E-state index contributed by atoms with van der Waals surface area (Å²) in [5.41, 5.74) is 0.325. The lowest BCUT2D eigenvalue weighted by Crippen LogP contribution is -2.15. The summed E-state index contributed by atoms with van der Waals surface area (Å²) >= 11 is 3.06. The van der Waals surface area contributed by atoms with E-state index < -0.39 is 22.4 Å². The van der Waals surface area contributed by atoms with E-state index in [-0.39, 0.29) is 20.7 Å². The van der Waals surface area contributed by atoms with Crippen molar-refractivity contribution in [2.24, 2.45) is 0 Å². The molecule has 1 aromatic carbocycles. The predicted molar refractivity (Wildman–Crippen MR) is 69.4 cm³/mol. The Morgan fingerprint density at radius 3 is 2.84 bits per heavy atom. The first-order valence-electron chi connectivity index (χ1n) is 5.05. The number of H-pyrrole nitrogens is 1. The van der Waals surface area contributed by atoms with Crippen LogP contribution in [0.25, 0.3) is 0 Å². The van der Waals surface area contributed by atoms with E-state index in [4.69, 9.17) is 5.11 Å². The third-order valence-electron chi connectivity index (χ3n) is 2.29. The summed E-state index contributed by atoms with van der Waals surface area (Å²) in [7, 11) is -3.93. The zero-order chi connectivity index (χ0) is 14.0. The Kier molecular flexibility index (Phi) is 3.88. The van der Waals surface area contributed by atoms with Crippen LogP contribution in [0.1, 0.15) is 5.56 Å². The van der Waals surface area contributed by atoms with Crippen LogP contribution in [0.4, 0.5) is 10.1 Å². The highest BCUT2D eigenvalue weighted by atomic mass is 79.9. The van der Waals surface area contributed by atoms with E-state index in [1.165, 1.54) is 12.3 Å². The average Bonchev–Trinajstić information content (AvgIpc) is 2.82. The Morgan fingerprint density at radius 2 is 2.21 bits per heavy atom. The van der Waals surface area contributed by atoms with E-state index in [9.17, 15) is 12.8 Å². The van der Waals surface area contributed by atoms with E-state index >= 15 is 0 Å². The zero-order valence-corrected chi connectivity index (χ0v) is 11.8. The normalized spacial score (nSPS) is 11.5. The number of nitrogens with one attached hydrogen (secondary N) is 2. The van der Waals surface area contributed by atoms with Crippen LogP contribution in [0.3, 0.4) is 0 Å². The second-order valence-electron chi connectivity index (χ2n) is 3.61. The molecular formula is C10H9BrFN3O3S. The smallest absolute Gasteiger partial charge is 0.279 e. The van der Waals surface area contributed by atoms with E-state index in [2.05, 4.69) is 30.8 Å². The van der Waals surface area contributed by atoms with Crippen LogP contribution in [-0.2, 0) is 16.6 Å². The van der Waals surface area contributed by atoms with Crippen molar-refractivity contribution in [1.29, 1.82) is 0 Å². The molecule has 0 saturated heterocycles. The average molecular weight is 350 g/mol. The van der Waals surface area contributed by atoms with Crippen molar-refractivity contribution in [3.05, 3.63) is 40.2 Å². The van der Waals surface area contributed by atoms with Crippen LogP contribution in [0.5, 0.6) is 0 Å². The van der Waals surface area contributed by atoms with E-state index in [1.54, 1.807) is 0 Å². The molecular weight excluding hydrogens is 341 g/mol. The lowest BCUT2D eigenvalue weighted by molar-refractivity contribution is 0.278. The van der Waals surface area contributed by atoms with Gasteiger partial charge >= 0.3 is 0 Å². The molecule has 0 fully saturated rings. The molecule has 9 heteroatoms. The minimum atomic E-state index is -3.93. The molecule has 1 heterocycles. The summed E-state index contributed by atoms with van der Waals surface area (Å²) in [5, 5.41) is 14.6. The van der Waals surface area contributed by atoms with Crippen LogP contribution in [-0.4, -0.2) is 23.7 Å². The SMILES string of the molecule is O=S(=O)(Nc1ccc(F)cc1Br)c1[nH]ncc1CO. The summed E-state index contributed by atoms with van der Waals surface area (Å²) in [4.78, 5) is 0. The fourth-order valence-corrected chi connectivity index (χ4v) is 3.20. The number of aromatic amines is 1. The van der Waals surface area contributed by atoms with Gasteiger partial charge in [-0.25, -0.2) is 4.39 Å². The number of nitrogens with zero attached hydrogens (tertiary/aromatic N) is 1. The number of anilines is 1. The van der Waals surface area contributed by atoms with Gasteiger partial charge in [-0.2, -0.15) is 13.5 Å². The van der Waals surface area contributed by atoms with Gasteiger partial charge in [0.2, 0.25) is 0 Å². The molecule has 1 aromatic heterocycles. The molecule has 0 aliphatic rings. The number of rotatable bonds is 4. The van der Waals surface area contributed by atoms with Gasteiger partial charge in [-0.3, -0.25) is 9.82 Å². The van der Waals surface area contributed by atoms with Crippen molar-refractivity contribution < 1.29 is 17.9 Å². The Hall–Kier alpha value is -1.45. The number of sulfonamides is 1. The molecule has 0 amide bonds. The summed E-state index contributed by atoms with van der Waals surface area (Å²) in [6.07, 6.45) is 1.22. The number of hydrogen-bond donors (Lipinski definition) is 3. The molecule has 6 nitrogen and oxygen atoms in total. The monoisotopic (exact) mass is 349 g/mol. The maximum absolute atomic E-state index is 12.9. The topological polar surface area (TPSA) is 95.1 Å². The quantitative estimate of drug-likeness (QED) is 0.781. The zero-order valence-electron chi connectivity index (χ0n) is 9.39. The molecule has 0 aliphatic carbocycles. The highest BCUT2D eigenvalue weighted by Crippen LogP contribution is 2.26. The van der Waals surface area contributed by atoms with E-state index in [0.717, 1.165) is 12.1 Å². The maximum Gasteiger partial charge on any atom is 0.279 e. The summed E-state index contributed by atoms with van der Waals surface area (Å²) in [6, 6.07) is 3.55. The van der Waals surface area contributed by atoms with Gasteiger partial charge in [-0.05, 0) is 34.1 Å². The molecule has 102 valence electrons. The third-order valence-corrected chi connectivity index (χ3v) is 4.33. The number of halogens is 2. The molecule has 0 aliphatic heterocycles. The highest BCUT2D eigenvalue weighted by Gasteiger charge is 2.21. The van der Waals surface area contributed by atoms with Gasteiger partial charge in [0.1, 0.15) is 5.82 Å². The molecule has 2 rings (SSSR count).